The largest absolute Gasteiger partial charge is 0.489 e. The summed E-state index contributed by atoms with van der Waals surface area (Å²) in [6.45, 7) is 1.62. The standard InChI is InChI=1S/C26H28N6O5/c27-12-19-13-28-23(11-22(19)37-20-5-1-2-6-20)30-26(35)32-7-3-4-17-10-18(21(15-33)29-25(17)32)14-31-8-9-36-16-24(31)34/h10-11,13,15,20H,1-9,14,16H2,(H,28,30,35). The van der Waals surface area contributed by atoms with E-state index in [1.165, 1.54) is 11.1 Å². The molecule has 2 aromatic heterocycles. The van der Waals surface area contributed by atoms with Gasteiger partial charge in [0.15, 0.2) is 6.29 Å². The van der Waals surface area contributed by atoms with Crippen molar-refractivity contribution in [2.75, 3.05) is 36.5 Å². The summed E-state index contributed by atoms with van der Waals surface area (Å²) in [6, 6.07) is 5.09. The molecule has 11 heteroatoms. The molecule has 2 fully saturated rings. The van der Waals surface area contributed by atoms with Gasteiger partial charge < -0.3 is 14.4 Å². The zero-order valence-corrected chi connectivity index (χ0v) is 20.4. The molecule has 2 aromatic rings. The van der Waals surface area contributed by atoms with Crippen molar-refractivity contribution in [3.63, 3.8) is 0 Å². The van der Waals surface area contributed by atoms with Gasteiger partial charge in [-0.1, -0.05) is 0 Å². The average molecular weight is 505 g/mol. The van der Waals surface area contributed by atoms with E-state index in [0.29, 0.717) is 55.1 Å². The number of carbonyl (C=O) groups excluding carboxylic acids is 3. The van der Waals surface area contributed by atoms with Crippen molar-refractivity contribution in [3.05, 3.63) is 40.7 Å². The number of anilines is 2. The first-order valence-corrected chi connectivity index (χ1v) is 12.5. The van der Waals surface area contributed by atoms with E-state index in [0.717, 1.165) is 37.7 Å². The van der Waals surface area contributed by atoms with Gasteiger partial charge in [0.2, 0.25) is 5.91 Å². The maximum absolute atomic E-state index is 13.3. The Labute approximate surface area is 214 Å². The maximum Gasteiger partial charge on any atom is 0.328 e. The Hall–Kier alpha value is -4.04. The SMILES string of the molecule is N#Cc1cnc(NC(=O)N2CCCc3cc(CN4CCOCC4=O)c(C=O)nc32)cc1OC1CCCC1. The van der Waals surface area contributed by atoms with Crippen molar-refractivity contribution in [1.82, 2.24) is 14.9 Å². The highest BCUT2D eigenvalue weighted by atomic mass is 16.5. The Morgan fingerprint density at radius 3 is 2.86 bits per heavy atom. The van der Waals surface area contributed by atoms with Gasteiger partial charge in [0.05, 0.1) is 18.9 Å². The summed E-state index contributed by atoms with van der Waals surface area (Å²) in [6.07, 6.45) is 7.58. The Morgan fingerprint density at radius 1 is 1.27 bits per heavy atom. The third-order valence-electron chi connectivity index (χ3n) is 6.89. The van der Waals surface area contributed by atoms with Crippen LogP contribution in [-0.2, 0) is 22.5 Å². The first kappa shape index (κ1) is 24.6. The monoisotopic (exact) mass is 504 g/mol. The van der Waals surface area contributed by atoms with Gasteiger partial charge in [0.1, 0.15) is 41.3 Å². The number of pyridine rings is 2. The molecule has 4 heterocycles. The molecule has 0 atom stereocenters. The minimum atomic E-state index is -0.439. The van der Waals surface area contributed by atoms with Crippen LogP contribution in [0.5, 0.6) is 5.75 Å². The van der Waals surface area contributed by atoms with Crippen LogP contribution < -0.4 is 15.0 Å². The summed E-state index contributed by atoms with van der Waals surface area (Å²) < 4.78 is 11.2. The number of amides is 3. The topological polar surface area (TPSA) is 138 Å². The molecular weight excluding hydrogens is 476 g/mol. The van der Waals surface area contributed by atoms with E-state index in [-0.39, 0.29) is 36.7 Å². The second kappa shape index (κ2) is 10.9. The van der Waals surface area contributed by atoms with Crippen molar-refractivity contribution in [3.8, 4) is 11.8 Å². The molecule has 192 valence electrons. The normalized spacial score (nSPS) is 17.8. The Bertz CT molecular complexity index is 1250. The van der Waals surface area contributed by atoms with Crippen LogP contribution in [-0.4, -0.2) is 65.5 Å². The van der Waals surface area contributed by atoms with E-state index in [1.54, 1.807) is 11.0 Å². The molecule has 2 aliphatic heterocycles. The summed E-state index contributed by atoms with van der Waals surface area (Å²) in [5.41, 5.74) is 1.99. The summed E-state index contributed by atoms with van der Waals surface area (Å²) >= 11 is 0. The van der Waals surface area contributed by atoms with Gasteiger partial charge in [-0.25, -0.2) is 14.8 Å². The molecule has 1 saturated heterocycles. The highest BCUT2D eigenvalue weighted by molar-refractivity contribution is 6.01. The van der Waals surface area contributed by atoms with Gasteiger partial charge in [-0.3, -0.25) is 19.8 Å². The lowest BCUT2D eigenvalue weighted by molar-refractivity contribution is -0.143. The van der Waals surface area contributed by atoms with E-state index in [1.807, 2.05) is 6.07 Å². The van der Waals surface area contributed by atoms with Crippen LogP contribution in [0.2, 0.25) is 0 Å². The number of aromatic nitrogens is 2. The molecular formula is C26H28N6O5. The summed E-state index contributed by atoms with van der Waals surface area (Å²) in [5.74, 6) is 0.955. The van der Waals surface area contributed by atoms with Crippen LogP contribution in [0.25, 0.3) is 0 Å². The van der Waals surface area contributed by atoms with Gasteiger partial charge in [-0.2, -0.15) is 5.26 Å². The van der Waals surface area contributed by atoms with Gasteiger partial charge in [-0.05, 0) is 50.2 Å². The van der Waals surface area contributed by atoms with Gasteiger partial charge in [0.25, 0.3) is 0 Å². The molecule has 0 aromatic carbocycles. The fraction of sp³-hybridized carbons (Fsp3) is 0.462. The number of ether oxygens (including phenoxy) is 2. The number of aldehydes is 1. The number of carbonyl (C=O) groups is 3. The van der Waals surface area contributed by atoms with Crippen molar-refractivity contribution in [2.24, 2.45) is 0 Å². The molecule has 1 N–H and O–H groups in total. The number of urea groups is 1. The average Bonchev–Trinajstić information content (AvgIpc) is 3.42. The van der Waals surface area contributed by atoms with Crippen molar-refractivity contribution in [2.45, 2.75) is 51.2 Å². The molecule has 11 nitrogen and oxygen atoms in total. The smallest absolute Gasteiger partial charge is 0.328 e. The van der Waals surface area contributed by atoms with Crippen molar-refractivity contribution in [1.29, 1.82) is 5.26 Å². The maximum atomic E-state index is 13.3. The first-order valence-electron chi connectivity index (χ1n) is 12.5. The van der Waals surface area contributed by atoms with E-state index in [4.69, 9.17) is 9.47 Å². The molecule has 1 aliphatic carbocycles. The Balaban J connectivity index is 1.35. The van der Waals surface area contributed by atoms with Gasteiger partial charge in [-0.15, -0.1) is 0 Å². The van der Waals surface area contributed by atoms with Crippen LogP contribution in [0.15, 0.2) is 18.3 Å². The van der Waals surface area contributed by atoms with Crippen LogP contribution in [0.3, 0.4) is 0 Å². The van der Waals surface area contributed by atoms with Crippen LogP contribution in [0.1, 0.15) is 59.3 Å². The molecule has 0 radical (unpaired) electrons. The third kappa shape index (κ3) is 5.39. The van der Waals surface area contributed by atoms with Gasteiger partial charge in [0, 0.05) is 31.3 Å². The van der Waals surface area contributed by atoms with Crippen LogP contribution in [0.4, 0.5) is 16.4 Å². The van der Waals surface area contributed by atoms with Crippen molar-refractivity contribution < 1.29 is 23.9 Å². The number of fused-ring (bicyclic) bond motifs is 1. The highest BCUT2D eigenvalue weighted by Gasteiger charge is 2.28. The molecule has 5 rings (SSSR count). The predicted octanol–water partition coefficient (Wildman–Crippen LogP) is 2.83. The zero-order chi connectivity index (χ0) is 25.8. The third-order valence-corrected chi connectivity index (χ3v) is 6.89. The molecule has 1 saturated carbocycles. The number of rotatable bonds is 6. The van der Waals surface area contributed by atoms with E-state index < -0.39 is 6.03 Å². The Kier molecular flexibility index (Phi) is 7.28. The number of nitrogens with one attached hydrogen (secondary N) is 1. The zero-order valence-electron chi connectivity index (χ0n) is 20.4. The quantitative estimate of drug-likeness (QED) is 0.593. The molecule has 0 spiro atoms. The predicted molar refractivity (Wildman–Crippen MR) is 132 cm³/mol. The molecule has 0 unspecified atom stereocenters. The van der Waals surface area contributed by atoms with E-state index in [2.05, 4.69) is 21.4 Å². The second-order valence-corrected chi connectivity index (χ2v) is 9.39. The van der Waals surface area contributed by atoms with Crippen molar-refractivity contribution >= 4 is 29.9 Å². The first-order chi connectivity index (χ1) is 18.1. The number of morpholine rings is 1. The fourth-order valence-electron chi connectivity index (χ4n) is 4.96. The second-order valence-electron chi connectivity index (χ2n) is 9.39. The minimum absolute atomic E-state index is 0.0273. The summed E-state index contributed by atoms with van der Waals surface area (Å²) in [7, 11) is 0. The number of hydrogen-bond acceptors (Lipinski definition) is 8. The highest BCUT2D eigenvalue weighted by Crippen LogP contribution is 2.30. The molecule has 0 bridgehead atoms. The lowest BCUT2D eigenvalue weighted by Crippen LogP contribution is -2.42. The summed E-state index contributed by atoms with van der Waals surface area (Å²) in [4.78, 5) is 49.2. The van der Waals surface area contributed by atoms with Crippen LogP contribution in [0, 0.1) is 11.3 Å². The Morgan fingerprint density at radius 2 is 2.11 bits per heavy atom. The number of aryl methyl sites for hydroxylation is 1. The summed E-state index contributed by atoms with van der Waals surface area (Å²) in [5, 5.41) is 12.2. The number of nitriles is 1. The lowest BCUT2D eigenvalue weighted by atomic mass is 10.0. The van der Waals surface area contributed by atoms with Gasteiger partial charge >= 0.3 is 6.03 Å². The van der Waals surface area contributed by atoms with E-state index in [9.17, 15) is 19.6 Å². The van der Waals surface area contributed by atoms with E-state index >= 15 is 0 Å². The minimum Gasteiger partial charge on any atom is -0.489 e. The number of nitrogens with zero attached hydrogens (tertiary/aromatic N) is 5. The van der Waals surface area contributed by atoms with Crippen LogP contribution >= 0.6 is 0 Å². The fourth-order valence-corrected chi connectivity index (χ4v) is 4.96. The molecule has 3 amide bonds. The molecule has 3 aliphatic rings. The number of hydrogen-bond donors (Lipinski definition) is 1. The lowest BCUT2D eigenvalue weighted by Gasteiger charge is -2.30. The molecule has 37 heavy (non-hydrogen) atoms.